The number of hydrogen-bond acceptors (Lipinski definition) is 5. The summed E-state index contributed by atoms with van der Waals surface area (Å²) < 4.78 is 0. The van der Waals surface area contributed by atoms with E-state index in [-0.39, 0.29) is 0 Å². The molecule has 17 heavy (non-hydrogen) atoms. The number of rotatable bonds is 4. The van der Waals surface area contributed by atoms with Gasteiger partial charge in [-0.05, 0) is 19.8 Å². The molecule has 1 aliphatic heterocycles. The maximum Gasteiger partial charge on any atom is 0.191 e. The van der Waals surface area contributed by atoms with Crippen molar-refractivity contribution in [2.24, 2.45) is 4.99 Å². The average Bonchev–Trinajstić information content (AvgIpc) is 2.71. The lowest BCUT2D eigenvalue weighted by Crippen LogP contribution is -2.41. The van der Waals surface area contributed by atoms with E-state index in [1.807, 2.05) is 11.3 Å². The number of aromatic nitrogens is 1. The Labute approximate surface area is 107 Å². The molecule has 1 aromatic heterocycles. The van der Waals surface area contributed by atoms with Gasteiger partial charge in [-0.3, -0.25) is 4.99 Å². The molecule has 1 aromatic rings. The summed E-state index contributed by atoms with van der Waals surface area (Å²) in [4.78, 5) is 10.4. The summed E-state index contributed by atoms with van der Waals surface area (Å²) >= 11 is 1.81. The van der Waals surface area contributed by atoms with Crippen molar-refractivity contribution in [2.75, 3.05) is 19.6 Å². The van der Waals surface area contributed by atoms with Crippen LogP contribution in [0.15, 0.2) is 4.99 Å². The molecule has 0 spiro atoms. The van der Waals surface area contributed by atoms with Gasteiger partial charge in [0, 0.05) is 30.9 Å². The van der Waals surface area contributed by atoms with Crippen molar-refractivity contribution in [3.8, 4) is 0 Å². The van der Waals surface area contributed by atoms with Crippen molar-refractivity contribution in [1.82, 2.24) is 15.6 Å². The largest absolute Gasteiger partial charge is 0.356 e. The predicted molar refractivity (Wildman–Crippen MR) is 72.9 cm³/mol. The molecule has 0 atom stereocenters. The zero-order chi connectivity index (χ0) is 12.1. The third kappa shape index (κ3) is 3.43. The van der Waals surface area contributed by atoms with Gasteiger partial charge in [0.15, 0.2) is 5.96 Å². The predicted octanol–water partition coefficient (Wildman–Crippen LogP) is 1.50. The van der Waals surface area contributed by atoms with Crippen LogP contribution in [0.1, 0.15) is 28.9 Å². The molecule has 2 heterocycles. The molecule has 1 aliphatic rings. The number of aliphatic imine (C=N–C) groups is 1. The van der Waals surface area contributed by atoms with Gasteiger partial charge in [0.2, 0.25) is 0 Å². The van der Waals surface area contributed by atoms with Gasteiger partial charge in [-0.1, -0.05) is 6.92 Å². The Bertz CT molecular complexity index is 397. The molecule has 0 saturated heterocycles. The van der Waals surface area contributed by atoms with E-state index in [0.29, 0.717) is 0 Å². The number of aryl methyl sites for hydroxylation is 2. The van der Waals surface area contributed by atoms with E-state index in [2.05, 4.69) is 34.5 Å². The summed E-state index contributed by atoms with van der Waals surface area (Å²) in [7, 11) is 0. The van der Waals surface area contributed by atoms with Gasteiger partial charge in [-0.2, -0.15) is 0 Å². The second-order valence-electron chi connectivity index (χ2n) is 4.15. The van der Waals surface area contributed by atoms with Crippen molar-refractivity contribution in [3.05, 3.63) is 15.6 Å². The minimum Gasteiger partial charge on any atom is -0.356 e. The molecule has 0 unspecified atom stereocenters. The van der Waals surface area contributed by atoms with E-state index in [0.717, 1.165) is 44.9 Å². The first kappa shape index (κ1) is 12.4. The van der Waals surface area contributed by atoms with Crippen LogP contribution in [0.25, 0.3) is 0 Å². The van der Waals surface area contributed by atoms with Gasteiger partial charge in [0.1, 0.15) is 0 Å². The molecular formula is C12H20N4S. The van der Waals surface area contributed by atoms with Crippen LogP contribution < -0.4 is 10.6 Å². The van der Waals surface area contributed by atoms with Crippen LogP contribution >= 0.6 is 11.3 Å². The standard InChI is InChI=1S/C12H20N4S/c1-3-10-9(2)17-11(16-10)5-8-15-12-13-6-4-7-14-12/h3-8H2,1-2H3,(H2,13,14,15). The molecule has 0 aliphatic carbocycles. The fourth-order valence-electron chi connectivity index (χ4n) is 1.86. The first-order chi connectivity index (χ1) is 8.29. The quantitative estimate of drug-likeness (QED) is 0.853. The number of nitrogens with one attached hydrogen (secondary N) is 2. The zero-order valence-corrected chi connectivity index (χ0v) is 11.4. The lowest BCUT2D eigenvalue weighted by atomic mass is 10.3. The molecule has 0 amide bonds. The van der Waals surface area contributed by atoms with Gasteiger partial charge in [-0.15, -0.1) is 11.3 Å². The Balaban J connectivity index is 1.79. The van der Waals surface area contributed by atoms with Crippen LogP contribution in [0, 0.1) is 6.92 Å². The second-order valence-corrected chi connectivity index (χ2v) is 5.44. The normalized spacial score (nSPS) is 15.3. The topological polar surface area (TPSA) is 49.3 Å². The highest BCUT2D eigenvalue weighted by Gasteiger charge is 2.06. The molecule has 0 radical (unpaired) electrons. The summed E-state index contributed by atoms with van der Waals surface area (Å²) in [6.45, 7) is 7.18. The molecule has 2 N–H and O–H groups in total. The highest BCUT2D eigenvalue weighted by molar-refractivity contribution is 7.11. The number of thiazole rings is 1. The SMILES string of the molecule is CCc1nc(CCNC2=NCCCN2)sc1C. The Hall–Kier alpha value is -1.10. The number of guanidine groups is 1. The van der Waals surface area contributed by atoms with Gasteiger partial charge in [0.05, 0.1) is 10.7 Å². The molecule has 4 nitrogen and oxygen atoms in total. The van der Waals surface area contributed by atoms with Crippen LogP contribution in [0.5, 0.6) is 0 Å². The average molecular weight is 252 g/mol. The number of hydrogen-bond donors (Lipinski definition) is 2. The highest BCUT2D eigenvalue weighted by atomic mass is 32.1. The van der Waals surface area contributed by atoms with E-state index >= 15 is 0 Å². The summed E-state index contributed by atoms with van der Waals surface area (Å²) in [5.41, 5.74) is 1.25. The lowest BCUT2D eigenvalue weighted by molar-refractivity contribution is 0.699. The van der Waals surface area contributed by atoms with Crippen LogP contribution in [0.3, 0.4) is 0 Å². The number of nitrogens with zero attached hydrogens (tertiary/aromatic N) is 2. The van der Waals surface area contributed by atoms with Crippen molar-refractivity contribution >= 4 is 17.3 Å². The summed E-state index contributed by atoms with van der Waals surface area (Å²) in [5, 5.41) is 7.80. The molecule has 94 valence electrons. The van der Waals surface area contributed by atoms with E-state index < -0.39 is 0 Å². The molecule has 5 heteroatoms. The molecule has 0 aromatic carbocycles. The molecule has 0 fully saturated rings. The van der Waals surface area contributed by atoms with Gasteiger partial charge < -0.3 is 10.6 Å². The summed E-state index contributed by atoms with van der Waals surface area (Å²) in [6, 6.07) is 0. The maximum atomic E-state index is 4.63. The Morgan fingerprint density at radius 1 is 1.47 bits per heavy atom. The van der Waals surface area contributed by atoms with Gasteiger partial charge in [-0.25, -0.2) is 4.98 Å². The van der Waals surface area contributed by atoms with Crippen molar-refractivity contribution in [3.63, 3.8) is 0 Å². The third-order valence-electron chi connectivity index (χ3n) is 2.80. The van der Waals surface area contributed by atoms with Crippen LogP contribution in [0.2, 0.25) is 0 Å². The molecule has 0 bridgehead atoms. The van der Waals surface area contributed by atoms with Gasteiger partial charge >= 0.3 is 0 Å². The van der Waals surface area contributed by atoms with E-state index in [4.69, 9.17) is 0 Å². The third-order valence-corrected chi connectivity index (χ3v) is 3.87. The highest BCUT2D eigenvalue weighted by Crippen LogP contribution is 2.17. The minimum atomic E-state index is 0.905. The van der Waals surface area contributed by atoms with E-state index in [9.17, 15) is 0 Å². The van der Waals surface area contributed by atoms with Crippen LogP contribution in [-0.2, 0) is 12.8 Å². The Morgan fingerprint density at radius 2 is 2.35 bits per heavy atom. The van der Waals surface area contributed by atoms with Crippen molar-refractivity contribution < 1.29 is 0 Å². The lowest BCUT2D eigenvalue weighted by Gasteiger charge is -2.15. The van der Waals surface area contributed by atoms with Crippen LogP contribution in [0.4, 0.5) is 0 Å². The van der Waals surface area contributed by atoms with Crippen LogP contribution in [-0.4, -0.2) is 30.6 Å². The van der Waals surface area contributed by atoms with E-state index in [1.54, 1.807) is 0 Å². The minimum absolute atomic E-state index is 0.905. The van der Waals surface area contributed by atoms with Crippen molar-refractivity contribution in [1.29, 1.82) is 0 Å². The Morgan fingerprint density at radius 3 is 3.00 bits per heavy atom. The monoisotopic (exact) mass is 252 g/mol. The molecular weight excluding hydrogens is 232 g/mol. The van der Waals surface area contributed by atoms with Gasteiger partial charge in [0.25, 0.3) is 0 Å². The van der Waals surface area contributed by atoms with Crippen molar-refractivity contribution in [2.45, 2.75) is 33.1 Å². The van der Waals surface area contributed by atoms with E-state index in [1.165, 1.54) is 15.6 Å². The first-order valence-electron chi connectivity index (χ1n) is 6.27. The second kappa shape index (κ2) is 6.00. The molecule has 2 rings (SSSR count). The zero-order valence-electron chi connectivity index (χ0n) is 10.5. The molecule has 0 saturated carbocycles. The fraction of sp³-hybridized carbons (Fsp3) is 0.667. The smallest absolute Gasteiger partial charge is 0.191 e. The fourth-order valence-corrected chi connectivity index (χ4v) is 2.88. The maximum absolute atomic E-state index is 4.63. The summed E-state index contributed by atoms with van der Waals surface area (Å²) in [5.74, 6) is 0.945. The Kier molecular flexibility index (Phi) is 4.36. The first-order valence-corrected chi connectivity index (χ1v) is 7.08. The summed E-state index contributed by atoms with van der Waals surface area (Å²) in [6.07, 6.45) is 3.15.